The molecule has 0 radical (unpaired) electrons. The minimum absolute atomic E-state index is 0.156. The van der Waals surface area contributed by atoms with E-state index in [2.05, 4.69) is 5.10 Å². The van der Waals surface area contributed by atoms with Crippen molar-refractivity contribution in [2.75, 3.05) is 6.54 Å². The molecule has 6 heteroatoms. The first-order valence-electron chi connectivity index (χ1n) is 7.20. The summed E-state index contributed by atoms with van der Waals surface area (Å²) in [4.78, 5) is 14.4. The second kappa shape index (κ2) is 5.53. The van der Waals surface area contributed by atoms with Crippen LogP contribution >= 0.6 is 0 Å². The third-order valence-corrected chi connectivity index (χ3v) is 4.04. The van der Waals surface area contributed by atoms with Crippen molar-refractivity contribution in [3.63, 3.8) is 0 Å². The van der Waals surface area contributed by atoms with Crippen molar-refractivity contribution < 1.29 is 14.3 Å². The van der Waals surface area contributed by atoms with Gasteiger partial charge in [0, 0.05) is 19.8 Å². The molecule has 1 saturated heterocycles. The zero-order chi connectivity index (χ0) is 15.9. The molecule has 22 heavy (non-hydrogen) atoms. The van der Waals surface area contributed by atoms with Crippen LogP contribution in [-0.2, 0) is 7.05 Å². The van der Waals surface area contributed by atoms with Gasteiger partial charge < -0.3 is 10.0 Å². The highest BCUT2D eigenvalue weighted by Crippen LogP contribution is 2.33. The number of aliphatic hydroxyl groups is 1. The molecule has 0 spiro atoms. The summed E-state index contributed by atoms with van der Waals surface area (Å²) in [6, 6.07) is 5.82. The predicted octanol–water partition coefficient (Wildman–Crippen LogP) is 1.82. The molecule has 0 aliphatic carbocycles. The van der Waals surface area contributed by atoms with Crippen LogP contribution in [0.15, 0.2) is 30.5 Å². The number of aliphatic hydroxyl groups excluding tert-OH is 1. The highest BCUT2D eigenvalue weighted by molar-refractivity contribution is 5.95. The molecule has 1 fully saturated rings. The fourth-order valence-electron chi connectivity index (χ4n) is 3.00. The van der Waals surface area contributed by atoms with Crippen molar-refractivity contribution in [2.45, 2.75) is 25.5 Å². The average molecular weight is 303 g/mol. The Morgan fingerprint density at radius 2 is 2.05 bits per heavy atom. The van der Waals surface area contributed by atoms with Gasteiger partial charge in [-0.3, -0.25) is 9.48 Å². The van der Waals surface area contributed by atoms with E-state index >= 15 is 0 Å². The fraction of sp³-hybridized carbons (Fsp3) is 0.375. The monoisotopic (exact) mass is 303 g/mol. The smallest absolute Gasteiger partial charge is 0.257 e. The van der Waals surface area contributed by atoms with Gasteiger partial charge in [0.2, 0.25) is 0 Å². The number of amides is 1. The van der Waals surface area contributed by atoms with Crippen LogP contribution < -0.4 is 0 Å². The van der Waals surface area contributed by atoms with Crippen molar-refractivity contribution in [3.8, 4) is 0 Å². The van der Waals surface area contributed by atoms with Gasteiger partial charge in [-0.25, -0.2) is 4.39 Å². The zero-order valence-corrected chi connectivity index (χ0v) is 12.5. The number of hydrogen-bond donors (Lipinski definition) is 1. The molecule has 2 heterocycles. The van der Waals surface area contributed by atoms with Gasteiger partial charge in [0.25, 0.3) is 5.91 Å². The van der Waals surface area contributed by atoms with Crippen molar-refractivity contribution >= 4 is 5.91 Å². The van der Waals surface area contributed by atoms with Gasteiger partial charge in [-0.1, -0.05) is 12.1 Å². The summed E-state index contributed by atoms with van der Waals surface area (Å²) in [5.74, 6) is -0.472. The van der Waals surface area contributed by atoms with Crippen LogP contribution in [0, 0.1) is 12.7 Å². The largest absolute Gasteiger partial charge is 0.391 e. The van der Waals surface area contributed by atoms with E-state index in [1.54, 1.807) is 41.9 Å². The Bertz CT molecular complexity index is 696. The summed E-state index contributed by atoms with van der Waals surface area (Å²) in [7, 11) is 1.76. The molecule has 0 unspecified atom stereocenters. The van der Waals surface area contributed by atoms with Gasteiger partial charge in [0.1, 0.15) is 5.82 Å². The van der Waals surface area contributed by atoms with Crippen LogP contribution in [0.5, 0.6) is 0 Å². The summed E-state index contributed by atoms with van der Waals surface area (Å²) in [5.41, 5.74) is 2.02. The summed E-state index contributed by atoms with van der Waals surface area (Å²) >= 11 is 0. The van der Waals surface area contributed by atoms with Crippen LogP contribution in [-0.4, -0.2) is 38.3 Å². The number of carbonyl (C=O) groups is 1. The lowest BCUT2D eigenvalue weighted by Crippen LogP contribution is -2.32. The normalized spacial score (nSPS) is 21.4. The molecule has 116 valence electrons. The van der Waals surface area contributed by atoms with E-state index in [9.17, 15) is 14.3 Å². The van der Waals surface area contributed by atoms with Crippen LogP contribution in [0.25, 0.3) is 0 Å². The maximum Gasteiger partial charge on any atom is 0.257 e. The lowest BCUT2D eigenvalue weighted by Gasteiger charge is -2.24. The number of aromatic nitrogens is 2. The lowest BCUT2D eigenvalue weighted by molar-refractivity contribution is 0.0715. The second-order valence-electron chi connectivity index (χ2n) is 5.72. The van der Waals surface area contributed by atoms with Crippen LogP contribution in [0.4, 0.5) is 4.39 Å². The number of aryl methyl sites for hydroxylation is 2. The average Bonchev–Trinajstić information content (AvgIpc) is 3.01. The van der Waals surface area contributed by atoms with Gasteiger partial charge in [0.05, 0.1) is 23.4 Å². The molecule has 1 aliphatic rings. The number of carbonyl (C=O) groups excluding carboxylic acids is 1. The highest BCUT2D eigenvalue weighted by atomic mass is 19.1. The Hall–Kier alpha value is -2.21. The maximum absolute atomic E-state index is 13.1. The molecule has 1 aromatic heterocycles. The van der Waals surface area contributed by atoms with Crippen molar-refractivity contribution in [2.24, 2.45) is 7.05 Å². The fourth-order valence-corrected chi connectivity index (χ4v) is 3.00. The van der Waals surface area contributed by atoms with E-state index in [4.69, 9.17) is 0 Å². The first kappa shape index (κ1) is 14.7. The Morgan fingerprint density at radius 3 is 2.64 bits per heavy atom. The lowest BCUT2D eigenvalue weighted by atomic mass is 10.0. The number of nitrogens with zero attached hydrogens (tertiary/aromatic N) is 3. The van der Waals surface area contributed by atoms with E-state index < -0.39 is 6.10 Å². The van der Waals surface area contributed by atoms with Crippen molar-refractivity contribution in [1.29, 1.82) is 0 Å². The predicted molar refractivity (Wildman–Crippen MR) is 78.7 cm³/mol. The van der Waals surface area contributed by atoms with Gasteiger partial charge in [-0.15, -0.1) is 0 Å². The molecule has 2 atom stereocenters. The molecule has 0 bridgehead atoms. The molecule has 3 rings (SSSR count). The molecule has 1 N–H and O–H groups in total. The highest BCUT2D eigenvalue weighted by Gasteiger charge is 2.36. The standard InChI is InChI=1S/C16H18FN3O2/c1-10-14(9-19(2)18-10)16(22)20-8-13(21)7-15(20)11-3-5-12(17)6-4-11/h3-6,9,13,15,21H,7-8H2,1-2H3/t13-,15+/m0/s1. The topological polar surface area (TPSA) is 58.4 Å². The van der Waals surface area contributed by atoms with Crippen LogP contribution in [0.3, 0.4) is 0 Å². The van der Waals surface area contributed by atoms with Crippen molar-refractivity contribution in [1.82, 2.24) is 14.7 Å². The minimum atomic E-state index is -0.573. The molecular formula is C16H18FN3O2. The summed E-state index contributed by atoms with van der Waals surface area (Å²) in [6.07, 6.45) is 1.57. The molecule has 1 aliphatic heterocycles. The van der Waals surface area contributed by atoms with Gasteiger partial charge in [0.15, 0.2) is 0 Å². The Kier molecular flexibility index (Phi) is 3.70. The Balaban J connectivity index is 1.92. The zero-order valence-electron chi connectivity index (χ0n) is 12.5. The maximum atomic E-state index is 13.1. The number of halogens is 1. The van der Waals surface area contributed by atoms with E-state index in [-0.39, 0.29) is 24.3 Å². The number of rotatable bonds is 2. The van der Waals surface area contributed by atoms with Crippen molar-refractivity contribution in [3.05, 3.63) is 53.1 Å². The third kappa shape index (κ3) is 2.62. The third-order valence-electron chi connectivity index (χ3n) is 4.04. The number of β-amino-alcohol motifs (C(OH)–C–C–N with tert-alkyl or cyclic N) is 1. The molecular weight excluding hydrogens is 285 g/mol. The molecule has 2 aromatic rings. The second-order valence-corrected chi connectivity index (χ2v) is 5.72. The summed E-state index contributed by atoms with van der Waals surface area (Å²) in [5, 5.41) is 14.2. The Labute approximate surface area is 128 Å². The van der Waals surface area contributed by atoms with E-state index in [0.717, 1.165) is 5.56 Å². The van der Waals surface area contributed by atoms with Crippen LogP contribution in [0.1, 0.15) is 34.1 Å². The number of benzene rings is 1. The molecule has 1 aromatic carbocycles. The first-order chi connectivity index (χ1) is 10.5. The number of likely N-dealkylation sites (tertiary alicyclic amines) is 1. The summed E-state index contributed by atoms with van der Waals surface area (Å²) in [6.45, 7) is 2.06. The minimum Gasteiger partial charge on any atom is -0.391 e. The molecule has 5 nitrogen and oxygen atoms in total. The Morgan fingerprint density at radius 1 is 1.36 bits per heavy atom. The molecule has 1 amide bonds. The van der Waals surface area contributed by atoms with E-state index in [1.165, 1.54) is 12.1 Å². The first-order valence-corrected chi connectivity index (χ1v) is 7.20. The number of hydrogen-bond acceptors (Lipinski definition) is 3. The van der Waals surface area contributed by atoms with Gasteiger partial charge >= 0.3 is 0 Å². The SMILES string of the molecule is Cc1nn(C)cc1C(=O)N1C[C@@H](O)C[C@@H]1c1ccc(F)cc1. The quantitative estimate of drug-likeness (QED) is 0.920. The van der Waals surface area contributed by atoms with Gasteiger partial charge in [-0.2, -0.15) is 5.10 Å². The van der Waals surface area contributed by atoms with Crippen LogP contribution in [0.2, 0.25) is 0 Å². The molecule has 0 saturated carbocycles. The van der Waals surface area contributed by atoms with Gasteiger partial charge in [-0.05, 0) is 31.0 Å². The van der Waals surface area contributed by atoms with E-state index in [1.807, 2.05) is 0 Å². The summed E-state index contributed by atoms with van der Waals surface area (Å²) < 4.78 is 14.7. The van der Waals surface area contributed by atoms with E-state index in [0.29, 0.717) is 17.7 Å².